The second kappa shape index (κ2) is 12.6. The average Bonchev–Trinajstić information content (AvgIpc) is 3.56. The highest BCUT2D eigenvalue weighted by molar-refractivity contribution is 6.16. The second-order valence-corrected chi connectivity index (χ2v) is 14.1. The Morgan fingerprint density at radius 1 is 0.273 bits per heavy atom. The molecule has 0 unspecified atom stereocenters. The summed E-state index contributed by atoms with van der Waals surface area (Å²) in [7, 11) is 0. The molecule has 4 nitrogen and oxygen atoms in total. The van der Waals surface area contributed by atoms with E-state index in [0.717, 1.165) is 33.3 Å². The first-order valence-corrected chi connectivity index (χ1v) is 18.6. The Labute approximate surface area is 317 Å². The molecule has 0 aliphatic carbocycles. The van der Waals surface area contributed by atoms with Crippen LogP contribution in [0.2, 0.25) is 0 Å². The minimum atomic E-state index is 0.631. The first-order chi connectivity index (χ1) is 27.2. The van der Waals surface area contributed by atoms with Crippen molar-refractivity contribution in [1.29, 1.82) is 0 Å². The second-order valence-electron chi connectivity index (χ2n) is 14.1. The maximum Gasteiger partial charge on any atom is 0.164 e. The van der Waals surface area contributed by atoms with Crippen LogP contribution in [0.4, 0.5) is 0 Å². The number of benzene rings is 9. The molecule has 9 aromatic carbocycles. The van der Waals surface area contributed by atoms with E-state index in [-0.39, 0.29) is 0 Å². The Hall–Kier alpha value is -7.43. The minimum Gasteiger partial charge on any atom is -0.309 e. The van der Waals surface area contributed by atoms with Gasteiger partial charge in [0, 0.05) is 33.2 Å². The Morgan fingerprint density at radius 3 is 1.20 bits per heavy atom. The molecule has 2 heterocycles. The van der Waals surface area contributed by atoms with E-state index in [1.807, 2.05) is 6.07 Å². The van der Waals surface area contributed by atoms with Crippen molar-refractivity contribution in [2.24, 2.45) is 0 Å². The van der Waals surface area contributed by atoms with Gasteiger partial charge in [-0.15, -0.1) is 0 Å². The van der Waals surface area contributed by atoms with Gasteiger partial charge in [-0.2, -0.15) is 0 Å². The molecule has 0 aliphatic rings. The maximum absolute atomic E-state index is 5.10. The fourth-order valence-electron chi connectivity index (χ4n) is 7.96. The van der Waals surface area contributed by atoms with Crippen LogP contribution in [0.3, 0.4) is 0 Å². The highest BCUT2D eigenvalue weighted by atomic mass is 15.0. The van der Waals surface area contributed by atoms with Gasteiger partial charge in [-0.3, -0.25) is 0 Å². The highest BCUT2D eigenvalue weighted by Gasteiger charge is 2.17. The third-order valence-corrected chi connectivity index (χ3v) is 10.8. The number of nitrogens with zero attached hydrogens (tertiary/aromatic N) is 4. The molecule has 55 heavy (non-hydrogen) atoms. The SMILES string of the molecule is c1ccc(-c2ccc(-c3nc(-c4ccc(-n5c6cc7ccccc7cc6c6cc7ccccc7cc65)cc4)nc(-c4ccc5ccccc5c4)n3)cc2)cc1. The Bertz CT molecular complexity index is 3140. The lowest BCUT2D eigenvalue weighted by molar-refractivity contribution is 1.07. The molecular weight excluding hydrogens is 669 g/mol. The van der Waals surface area contributed by atoms with E-state index in [1.165, 1.54) is 54.3 Å². The molecule has 256 valence electrons. The van der Waals surface area contributed by atoms with Crippen LogP contribution in [-0.4, -0.2) is 19.5 Å². The van der Waals surface area contributed by atoms with Crippen molar-refractivity contribution in [1.82, 2.24) is 19.5 Å². The maximum atomic E-state index is 5.10. The van der Waals surface area contributed by atoms with Crippen LogP contribution >= 0.6 is 0 Å². The quantitative estimate of drug-likeness (QED) is 0.179. The van der Waals surface area contributed by atoms with E-state index in [4.69, 9.17) is 15.0 Å². The highest BCUT2D eigenvalue weighted by Crippen LogP contribution is 2.38. The molecule has 0 fully saturated rings. The molecule has 0 bridgehead atoms. The number of aromatic nitrogens is 4. The standard InChI is InChI=1S/C51H32N4/c1-2-10-33(11-3-1)35-18-21-36(22-19-35)49-52-50(54-51(53-49)43-23-20-34-12-4-5-13-38(34)28-43)37-24-26-44(27-25-37)55-47-31-41-16-8-6-14-39(41)29-45(47)46-30-40-15-7-9-17-42(40)32-48(46)55/h1-32H. The summed E-state index contributed by atoms with van der Waals surface area (Å²) in [6, 6.07) is 68.8. The largest absolute Gasteiger partial charge is 0.309 e. The fourth-order valence-corrected chi connectivity index (χ4v) is 7.96. The van der Waals surface area contributed by atoms with Gasteiger partial charge in [0.15, 0.2) is 17.5 Å². The van der Waals surface area contributed by atoms with E-state index in [1.54, 1.807) is 0 Å². The van der Waals surface area contributed by atoms with Gasteiger partial charge in [0.05, 0.1) is 11.0 Å². The summed E-state index contributed by atoms with van der Waals surface area (Å²) >= 11 is 0. The van der Waals surface area contributed by atoms with Crippen LogP contribution in [0, 0.1) is 0 Å². The lowest BCUT2D eigenvalue weighted by Gasteiger charge is -2.12. The Balaban J connectivity index is 1.06. The lowest BCUT2D eigenvalue weighted by Crippen LogP contribution is -2.01. The number of hydrogen-bond donors (Lipinski definition) is 0. The molecule has 11 aromatic rings. The van der Waals surface area contributed by atoms with Gasteiger partial charge < -0.3 is 4.57 Å². The molecule has 2 aromatic heterocycles. The summed E-state index contributed by atoms with van der Waals surface area (Å²) in [5, 5.41) is 9.71. The zero-order chi connectivity index (χ0) is 36.3. The molecule has 11 rings (SSSR count). The smallest absolute Gasteiger partial charge is 0.164 e. The Kier molecular flexibility index (Phi) is 7.14. The molecule has 0 aliphatic heterocycles. The minimum absolute atomic E-state index is 0.631. The monoisotopic (exact) mass is 700 g/mol. The van der Waals surface area contributed by atoms with Gasteiger partial charge in [0.25, 0.3) is 0 Å². The molecule has 0 spiro atoms. The molecular formula is C51H32N4. The summed E-state index contributed by atoms with van der Waals surface area (Å²) in [5.74, 6) is 1.91. The van der Waals surface area contributed by atoms with Crippen molar-refractivity contribution < 1.29 is 0 Å². The van der Waals surface area contributed by atoms with E-state index in [9.17, 15) is 0 Å². The van der Waals surface area contributed by atoms with Crippen LogP contribution < -0.4 is 0 Å². The molecule has 0 saturated heterocycles. The molecule has 4 heteroatoms. The van der Waals surface area contributed by atoms with Crippen LogP contribution in [0.1, 0.15) is 0 Å². The molecule has 0 amide bonds. The predicted molar refractivity (Wildman–Crippen MR) is 228 cm³/mol. The predicted octanol–water partition coefficient (Wildman–Crippen LogP) is 13.1. The van der Waals surface area contributed by atoms with Crippen LogP contribution in [0.25, 0.3) is 105 Å². The van der Waals surface area contributed by atoms with Gasteiger partial charge in [0.1, 0.15) is 0 Å². The number of fused-ring (bicyclic) bond motifs is 6. The van der Waals surface area contributed by atoms with Gasteiger partial charge in [0.2, 0.25) is 0 Å². The molecule has 0 N–H and O–H groups in total. The third-order valence-electron chi connectivity index (χ3n) is 10.8. The summed E-state index contributed by atoms with van der Waals surface area (Å²) in [6.45, 7) is 0. The van der Waals surface area contributed by atoms with Gasteiger partial charge in [-0.1, -0.05) is 140 Å². The Morgan fingerprint density at radius 2 is 0.655 bits per heavy atom. The first kappa shape index (κ1) is 31.1. The van der Waals surface area contributed by atoms with Gasteiger partial charge in [-0.25, -0.2) is 15.0 Å². The van der Waals surface area contributed by atoms with Crippen molar-refractivity contribution in [2.45, 2.75) is 0 Å². The van der Waals surface area contributed by atoms with Crippen LogP contribution in [-0.2, 0) is 0 Å². The average molecular weight is 701 g/mol. The van der Waals surface area contributed by atoms with Gasteiger partial charge >= 0.3 is 0 Å². The summed E-state index contributed by atoms with van der Waals surface area (Å²) in [5.41, 5.74) is 8.56. The van der Waals surface area contributed by atoms with Crippen molar-refractivity contribution in [3.05, 3.63) is 194 Å². The van der Waals surface area contributed by atoms with E-state index in [2.05, 4.69) is 193 Å². The molecule has 0 atom stereocenters. The zero-order valence-electron chi connectivity index (χ0n) is 29.8. The van der Waals surface area contributed by atoms with Crippen LogP contribution in [0.15, 0.2) is 194 Å². The van der Waals surface area contributed by atoms with Crippen molar-refractivity contribution >= 4 is 54.1 Å². The van der Waals surface area contributed by atoms with E-state index >= 15 is 0 Å². The number of hydrogen-bond acceptors (Lipinski definition) is 3. The van der Waals surface area contributed by atoms with E-state index < -0.39 is 0 Å². The molecule has 0 saturated carbocycles. The lowest BCUT2D eigenvalue weighted by atomic mass is 10.0. The van der Waals surface area contributed by atoms with Gasteiger partial charge in [-0.05, 0) is 98.0 Å². The fraction of sp³-hybridized carbons (Fsp3) is 0. The summed E-state index contributed by atoms with van der Waals surface area (Å²) < 4.78 is 2.39. The third kappa shape index (κ3) is 5.43. The van der Waals surface area contributed by atoms with Crippen molar-refractivity contribution in [3.8, 4) is 51.0 Å². The molecule has 0 radical (unpaired) electrons. The number of rotatable bonds is 5. The van der Waals surface area contributed by atoms with E-state index in [0.29, 0.717) is 17.5 Å². The summed E-state index contributed by atoms with van der Waals surface area (Å²) in [4.78, 5) is 15.3. The first-order valence-electron chi connectivity index (χ1n) is 18.6. The zero-order valence-corrected chi connectivity index (χ0v) is 29.8. The summed E-state index contributed by atoms with van der Waals surface area (Å²) in [6.07, 6.45) is 0. The van der Waals surface area contributed by atoms with Crippen LogP contribution in [0.5, 0.6) is 0 Å². The van der Waals surface area contributed by atoms with Crippen molar-refractivity contribution in [3.63, 3.8) is 0 Å². The van der Waals surface area contributed by atoms with Crippen molar-refractivity contribution in [2.75, 3.05) is 0 Å². The normalized spacial score (nSPS) is 11.6. The topological polar surface area (TPSA) is 43.6 Å².